The van der Waals surface area contributed by atoms with Gasteiger partial charge in [-0.1, -0.05) is 48.5 Å². The van der Waals surface area contributed by atoms with Crippen LogP contribution in [0.25, 0.3) is 11.1 Å². The minimum Gasteiger partial charge on any atom is -0.449 e. The van der Waals surface area contributed by atoms with E-state index in [1.807, 2.05) is 36.4 Å². The molecule has 0 saturated carbocycles. The molecule has 0 aliphatic heterocycles. The Morgan fingerprint density at radius 2 is 1.72 bits per heavy atom. The van der Waals surface area contributed by atoms with Crippen molar-refractivity contribution in [1.82, 2.24) is 10.3 Å². The van der Waals surface area contributed by atoms with Crippen molar-refractivity contribution in [1.29, 1.82) is 0 Å². The molecule has 1 aliphatic carbocycles. The second-order valence-electron chi connectivity index (χ2n) is 8.01. The molecule has 1 amide bonds. The average molecular weight is 434 g/mol. The van der Waals surface area contributed by atoms with E-state index in [-0.39, 0.29) is 31.1 Å². The summed E-state index contributed by atoms with van der Waals surface area (Å²) in [5.74, 6) is -0.0337. The molecular weight excluding hydrogens is 408 g/mol. The van der Waals surface area contributed by atoms with Crippen molar-refractivity contribution >= 4 is 6.09 Å². The van der Waals surface area contributed by atoms with Gasteiger partial charge in [0.2, 0.25) is 0 Å². The molecule has 0 bridgehead atoms. The lowest BCUT2D eigenvalue weighted by molar-refractivity contribution is 0.0128. The highest BCUT2D eigenvalue weighted by molar-refractivity contribution is 5.79. The summed E-state index contributed by atoms with van der Waals surface area (Å²) in [6.07, 6.45) is -1.54. The van der Waals surface area contributed by atoms with Crippen LogP contribution in [-0.4, -0.2) is 40.5 Å². The third-order valence-electron chi connectivity index (χ3n) is 5.81. The lowest BCUT2D eigenvalue weighted by Crippen LogP contribution is -2.32. The third-order valence-corrected chi connectivity index (χ3v) is 5.81. The molecule has 0 saturated heterocycles. The summed E-state index contributed by atoms with van der Waals surface area (Å²) in [6, 6.07) is 17.7. The number of amides is 1. The number of ether oxygens (including phenoxy) is 1. The van der Waals surface area contributed by atoms with Crippen molar-refractivity contribution in [2.45, 2.75) is 31.5 Å². The summed E-state index contributed by atoms with van der Waals surface area (Å²) in [5.41, 5.74) is 4.97. The van der Waals surface area contributed by atoms with Gasteiger partial charge in [0.05, 0.1) is 6.10 Å². The Hall–Kier alpha value is -3.42. The Morgan fingerprint density at radius 3 is 2.38 bits per heavy atom. The largest absolute Gasteiger partial charge is 0.449 e. The molecule has 2 aromatic carbocycles. The molecule has 4 N–H and O–H groups in total. The second kappa shape index (κ2) is 9.38. The first-order valence-electron chi connectivity index (χ1n) is 10.6. The van der Waals surface area contributed by atoms with Crippen molar-refractivity contribution < 1.29 is 19.7 Å². The highest BCUT2D eigenvalue weighted by Crippen LogP contribution is 2.44. The molecule has 4 rings (SSSR count). The molecule has 7 nitrogen and oxygen atoms in total. The minimum atomic E-state index is -1.34. The third kappa shape index (κ3) is 4.44. The van der Waals surface area contributed by atoms with Crippen molar-refractivity contribution in [3.63, 3.8) is 0 Å². The predicted molar refractivity (Wildman–Crippen MR) is 120 cm³/mol. The number of pyridine rings is 1. The topological polar surface area (TPSA) is 112 Å². The van der Waals surface area contributed by atoms with E-state index in [0.717, 1.165) is 27.8 Å². The van der Waals surface area contributed by atoms with Crippen LogP contribution in [0.15, 0.2) is 65.6 Å². The van der Waals surface area contributed by atoms with Gasteiger partial charge >= 0.3 is 6.09 Å². The molecule has 32 heavy (non-hydrogen) atoms. The van der Waals surface area contributed by atoms with E-state index in [1.165, 1.54) is 12.3 Å². The number of nitrogens with one attached hydrogen (secondary N) is 2. The van der Waals surface area contributed by atoms with Crippen molar-refractivity contribution in [2.75, 3.05) is 13.2 Å². The Morgan fingerprint density at radius 1 is 1.09 bits per heavy atom. The number of rotatable bonds is 7. The number of H-pyrrole nitrogens is 1. The van der Waals surface area contributed by atoms with Gasteiger partial charge in [0.1, 0.15) is 12.7 Å². The molecule has 7 heteroatoms. The quantitative estimate of drug-likeness (QED) is 0.457. The van der Waals surface area contributed by atoms with E-state index >= 15 is 0 Å². The number of aromatic nitrogens is 1. The molecule has 1 aliphatic rings. The number of aromatic amines is 1. The van der Waals surface area contributed by atoms with Crippen molar-refractivity contribution in [2.24, 2.45) is 0 Å². The van der Waals surface area contributed by atoms with Crippen molar-refractivity contribution in [3.05, 3.63) is 93.4 Å². The molecule has 0 fully saturated rings. The predicted octanol–water partition coefficient (Wildman–Crippen LogP) is 3.01. The van der Waals surface area contributed by atoms with E-state index in [2.05, 4.69) is 22.4 Å². The van der Waals surface area contributed by atoms with Gasteiger partial charge in [-0.05, 0) is 47.2 Å². The van der Waals surface area contributed by atoms with Gasteiger partial charge in [-0.2, -0.15) is 0 Å². The standard InChI is InChI=1S/C25H26N2O5/c1-15-12-20(24(30)27-13-15)23(29)22(28)10-11-26-25(31)32-14-21-18-8-4-2-6-16(18)17-7-3-5-9-19(17)21/h2-9,12-13,21-23,28-29H,10-11,14H2,1H3,(H,26,31)(H,27,30). The van der Waals surface area contributed by atoms with Crippen LogP contribution in [0.1, 0.15) is 40.7 Å². The summed E-state index contributed by atoms with van der Waals surface area (Å²) < 4.78 is 5.45. The number of fused-ring (bicyclic) bond motifs is 3. The van der Waals surface area contributed by atoms with E-state index in [1.54, 1.807) is 6.92 Å². The van der Waals surface area contributed by atoms with E-state index in [0.29, 0.717) is 0 Å². The van der Waals surface area contributed by atoms with E-state index in [9.17, 15) is 19.8 Å². The first-order chi connectivity index (χ1) is 15.5. The van der Waals surface area contributed by atoms with Gasteiger partial charge in [0, 0.05) is 24.2 Å². The fraction of sp³-hybridized carbons (Fsp3) is 0.280. The fourth-order valence-corrected chi connectivity index (χ4v) is 4.17. The number of hydrogen-bond donors (Lipinski definition) is 4. The van der Waals surface area contributed by atoms with Gasteiger partial charge < -0.3 is 25.3 Å². The maximum absolute atomic E-state index is 12.2. The summed E-state index contributed by atoms with van der Waals surface area (Å²) in [4.78, 5) is 26.6. The minimum absolute atomic E-state index is 0.0337. The van der Waals surface area contributed by atoms with Crippen LogP contribution >= 0.6 is 0 Å². The first kappa shape index (κ1) is 21.8. The van der Waals surface area contributed by atoms with Crippen LogP contribution < -0.4 is 10.9 Å². The van der Waals surface area contributed by atoms with Crippen LogP contribution in [0.3, 0.4) is 0 Å². The number of hydrogen-bond acceptors (Lipinski definition) is 5. The Kier molecular flexibility index (Phi) is 6.39. The number of benzene rings is 2. The summed E-state index contributed by atoms with van der Waals surface area (Å²) in [7, 11) is 0. The van der Waals surface area contributed by atoms with Gasteiger partial charge in [0.25, 0.3) is 5.56 Å². The van der Waals surface area contributed by atoms with Gasteiger partial charge in [-0.25, -0.2) is 4.79 Å². The zero-order chi connectivity index (χ0) is 22.7. The maximum Gasteiger partial charge on any atom is 0.407 e. The van der Waals surface area contributed by atoms with Crippen LogP contribution in [-0.2, 0) is 4.74 Å². The van der Waals surface area contributed by atoms with Crippen LogP contribution in [0.2, 0.25) is 0 Å². The van der Waals surface area contributed by atoms with E-state index in [4.69, 9.17) is 4.74 Å². The average Bonchev–Trinajstić information content (AvgIpc) is 3.12. The number of carbonyl (C=O) groups excluding carboxylic acids is 1. The molecule has 3 aromatic rings. The highest BCUT2D eigenvalue weighted by Gasteiger charge is 2.29. The van der Waals surface area contributed by atoms with Gasteiger partial charge in [0.15, 0.2) is 0 Å². The summed E-state index contributed by atoms with van der Waals surface area (Å²) in [6.45, 7) is 2.07. The smallest absolute Gasteiger partial charge is 0.407 e. The zero-order valence-corrected chi connectivity index (χ0v) is 17.7. The maximum atomic E-state index is 12.2. The molecule has 166 valence electrons. The zero-order valence-electron chi connectivity index (χ0n) is 17.7. The Bertz CT molecular complexity index is 1130. The summed E-state index contributed by atoms with van der Waals surface area (Å²) in [5, 5.41) is 23.1. The molecule has 1 heterocycles. The monoisotopic (exact) mass is 434 g/mol. The van der Waals surface area contributed by atoms with Gasteiger partial charge in [-0.15, -0.1) is 0 Å². The lowest BCUT2D eigenvalue weighted by atomic mass is 9.98. The Labute approximate surface area is 185 Å². The molecule has 0 spiro atoms. The fourth-order valence-electron chi connectivity index (χ4n) is 4.17. The van der Waals surface area contributed by atoms with E-state index < -0.39 is 23.9 Å². The molecular formula is C25H26N2O5. The molecule has 0 radical (unpaired) electrons. The number of aliphatic hydroxyl groups is 2. The SMILES string of the molecule is Cc1c[nH]c(=O)c(C(O)C(O)CCNC(=O)OCC2c3ccccc3-c3ccccc32)c1. The lowest BCUT2D eigenvalue weighted by Gasteiger charge is -2.18. The van der Waals surface area contributed by atoms with Crippen LogP contribution in [0, 0.1) is 6.92 Å². The number of alkyl carbamates (subject to hydrolysis) is 1. The normalized spacial score (nSPS) is 14.3. The number of aryl methyl sites for hydroxylation is 1. The highest BCUT2D eigenvalue weighted by atomic mass is 16.5. The van der Waals surface area contributed by atoms with Crippen molar-refractivity contribution in [3.8, 4) is 11.1 Å². The molecule has 2 atom stereocenters. The number of aliphatic hydroxyl groups excluding tert-OH is 2. The van der Waals surface area contributed by atoms with Crippen LogP contribution in [0.5, 0.6) is 0 Å². The molecule has 2 unspecified atom stereocenters. The van der Waals surface area contributed by atoms with Gasteiger partial charge in [-0.3, -0.25) is 4.79 Å². The molecule has 1 aromatic heterocycles. The first-order valence-corrected chi connectivity index (χ1v) is 10.6. The Balaban J connectivity index is 1.30. The summed E-state index contributed by atoms with van der Waals surface area (Å²) >= 11 is 0. The second-order valence-corrected chi connectivity index (χ2v) is 8.01. The van der Waals surface area contributed by atoms with Crippen LogP contribution in [0.4, 0.5) is 4.79 Å². The number of carbonyl (C=O) groups is 1.